The summed E-state index contributed by atoms with van der Waals surface area (Å²) in [6.45, 7) is 0.768. The van der Waals surface area contributed by atoms with E-state index in [0.717, 1.165) is 12.8 Å². The minimum Gasteiger partial charge on any atom is -0.377 e. The molecule has 1 N–H and O–H groups in total. The second-order valence-electron chi connectivity index (χ2n) is 4.49. The van der Waals surface area contributed by atoms with Gasteiger partial charge < -0.3 is 4.74 Å². The standard InChI is InChI=1S/C13H19NO3S/c15-18(16,13-8-2-1-3-9-13)14-10-11-17-12-6-4-5-7-12/h1-3,8-9,12,14H,4-7,10-11H2. The monoisotopic (exact) mass is 269 g/mol. The van der Waals surface area contributed by atoms with Gasteiger partial charge in [0.2, 0.25) is 10.0 Å². The third-order valence-corrected chi connectivity index (χ3v) is 4.58. The maximum atomic E-state index is 11.9. The normalized spacial score (nSPS) is 17.1. The number of ether oxygens (including phenoxy) is 1. The predicted molar refractivity (Wildman–Crippen MR) is 69.8 cm³/mol. The van der Waals surface area contributed by atoms with Crippen LogP contribution in [0.3, 0.4) is 0 Å². The molecule has 0 bridgehead atoms. The summed E-state index contributed by atoms with van der Waals surface area (Å²) >= 11 is 0. The minimum absolute atomic E-state index is 0.297. The Bertz CT molecular complexity index is 452. The third-order valence-electron chi connectivity index (χ3n) is 3.10. The van der Waals surface area contributed by atoms with E-state index in [2.05, 4.69) is 4.72 Å². The second-order valence-corrected chi connectivity index (χ2v) is 6.26. The molecule has 0 aliphatic heterocycles. The van der Waals surface area contributed by atoms with Gasteiger partial charge in [-0.1, -0.05) is 31.0 Å². The zero-order chi connectivity index (χ0) is 12.8. The van der Waals surface area contributed by atoms with Crippen molar-refractivity contribution in [1.29, 1.82) is 0 Å². The first-order valence-corrected chi connectivity index (χ1v) is 7.83. The molecule has 18 heavy (non-hydrogen) atoms. The molecule has 5 heteroatoms. The summed E-state index contributed by atoms with van der Waals surface area (Å²) in [7, 11) is -3.39. The van der Waals surface area contributed by atoms with Crippen molar-refractivity contribution in [1.82, 2.24) is 4.72 Å². The van der Waals surface area contributed by atoms with Gasteiger partial charge in [0.05, 0.1) is 17.6 Å². The van der Waals surface area contributed by atoms with Crippen molar-refractivity contribution in [3.8, 4) is 0 Å². The first-order chi connectivity index (χ1) is 8.68. The zero-order valence-electron chi connectivity index (χ0n) is 10.3. The van der Waals surface area contributed by atoms with Gasteiger partial charge in [0.15, 0.2) is 0 Å². The van der Waals surface area contributed by atoms with Crippen LogP contribution in [0.15, 0.2) is 35.2 Å². The Balaban J connectivity index is 1.75. The van der Waals surface area contributed by atoms with Crippen molar-refractivity contribution in [2.45, 2.75) is 36.7 Å². The molecule has 4 nitrogen and oxygen atoms in total. The Hall–Kier alpha value is -0.910. The molecule has 0 spiro atoms. The molecule has 0 heterocycles. The largest absolute Gasteiger partial charge is 0.377 e. The molecular formula is C13H19NO3S. The molecular weight excluding hydrogens is 250 g/mol. The average Bonchev–Trinajstić information content (AvgIpc) is 2.89. The van der Waals surface area contributed by atoms with Crippen molar-refractivity contribution < 1.29 is 13.2 Å². The van der Waals surface area contributed by atoms with Gasteiger partial charge in [-0.25, -0.2) is 13.1 Å². The van der Waals surface area contributed by atoms with Crippen LogP contribution in [0.5, 0.6) is 0 Å². The molecule has 0 aromatic heterocycles. The Morgan fingerprint density at radius 2 is 1.83 bits per heavy atom. The Morgan fingerprint density at radius 3 is 2.50 bits per heavy atom. The number of sulfonamides is 1. The highest BCUT2D eigenvalue weighted by Crippen LogP contribution is 2.20. The summed E-state index contributed by atoms with van der Waals surface area (Å²) < 4.78 is 31.9. The highest BCUT2D eigenvalue weighted by molar-refractivity contribution is 7.89. The number of hydrogen-bond donors (Lipinski definition) is 1. The topological polar surface area (TPSA) is 55.4 Å². The predicted octanol–water partition coefficient (Wildman–Crippen LogP) is 1.92. The van der Waals surface area contributed by atoms with Crippen molar-refractivity contribution in [2.24, 2.45) is 0 Å². The lowest BCUT2D eigenvalue weighted by atomic mass is 10.3. The highest BCUT2D eigenvalue weighted by atomic mass is 32.2. The lowest BCUT2D eigenvalue weighted by Crippen LogP contribution is -2.28. The molecule has 1 aliphatic carbocycles. The molecule has 1 fully saturated rings. The number of rotatable bonds is 6. The second kappa shape index (κ2) is 6.31. The van der Waals surface area contributed by atoms with Crippen LogP contribution in [0.2, 0.25) is 0 Å². The van der Waals surface area contributed by atoms with Crippen molar-refractivity contribution in [2.75, 3.05) is 13.2 Å². The summed E-state index contributed by atoms with van der Waals surface area (Å²) in [6, 6.07) is 8.38. The number of nitrogens with one attached hydrogen (secondary N) is 1. The van der Waals surface area contributed by atoms with Gasteiger partial charge in [-0.2, -0.15) is 0 Å². The summed E-state index contributed by atoms with van der Waals surface area (Å²) in [6.07, 6.45) is 4.98. The van der Waals surface area contributed by atoms with Crippen molar-refractivity contribution in [3.63, 3.8) is 0 Å². The summed E-state index contributed by atoms with van der Waals surface area (Å²) in [5.74, 6) is 0. The van der Waals surface area contributed by atoms with Crippen LogP contribution in [-0.2, 0) is 14.8 Å². The Morgan fingerprint density at radius 1 is 1.17 bits per heavy atom. The van der Waals surface area contributed by atoms with Crippen LogP contribution in [0.4, 0.5) is 0 Å². The van der Waals surface area contributed by atoms with E-state index < -0.39 is 10.0 Å². The molecule has 100 valence electrons. The molecule has 1 aromatic rings. The SMILES string of the molecule is O=S(=O)(NCCOC1CCCC1)c1ccccc1. The van der Waals surface area contributed by atoms with Gasteiger partial charge in [0, 0.05) is 6.54 Å². The molecule has 1 aromatic carbocycles. The molecule has 0 atom stereocenters. The first-order valence-electron chi connectivity index (χ1n) is 6.35. The van der Waals surface area contributed by atoms with Crippen LogP contribution in [0.25, 0.3) is 0 Å². The van der Waals surface area contributed by atoms with Crippen LogP contribution in [0.1, 0.15) is 25.7 Å². The molecule has 0 saturated heterocycles. The van der Waals surface area contributed by atoms with Crippen LogP contribution < -0.4 is 4.72 Å². The quantitative estimate of drug-likeness (QED) is 0.803. The van der Waals surface area contributed by atoms with E-state index >= 15 is 0 Å². The summed E-state index contributed by atoms with van der Waals surface area (Å²) in [5.41, 5.74) is 0. The summed E-state index contributed by atoms with van der Waals surface area (Å²) in [5, 5.41) is 0. The minimum atomic E-state index is -3.39. The maximum absolute atomic E-state index is 11.9. The van der Waals surface area contributed by atoms with E-state index in [1.165, 1.54) is 12.8 Å². The fourth-order valence-corrected chi connectivity index (χ4v) is 3.17. The lowest BCUT2D eigenvalue weighted by molar-refractivity contribution is 0.0626. The molecule has 1 saturated carbocycles. The van der Waals surface area contributed by atoms with E-state index in [9.17, 15) is 8.42 Å². The van der Waals surface area contributed by atoms with E-state index in [1.807, 2.05) is 0 Å². The average molecular weight is 269 g/mol. The van der Waals surface area contributed by atoms with E-state index in [4.69, 9.17) is 4.74 Å². The third kappa shape index (κ3) is 3.80. The van der Waals surface area contributed by atoms with Gasteiger partial charge in [-0.3, -0.25) is 0 Å². The summed E-state index contributed by atoms with van der Waals surface area (Å²) in [4.78, 5) is 0.297. The number of hydrogen-bond acceptors (Lipinski definition) is 3. The van der Waals surface area contributed by atoms with Gasteiger partial charge in [0.1, 0.15) is 0 Å². The van der Waals surface area contributed by atoms with Crippen LogP contribution >= 0.6 is 0 Å². The van der Waals surface area contributed by atoms with Gasteiger partial charge in [-0.05, 0) is 25.0 Å². The zero-order valence-corrected chi connectivity index (χ0v) is 11.2. The molecule has 2 rings (SSSR count). The fourth-order valence-electron chi connectivity index (χ4n) is 2.14. The molecule has 0 amide bonds. The molecule has 1 aliphatic rings. The smallest absolute Gasteiger partial charge is 0.240 e. The van der Waals surface area contributed by atoms with Crippen LogP contribution in [0, 0.1) is 0 Å². The van der Waals surface area contributed by atoms with Crippen molar-refractivity contribution >= 4 is 10.0 Å². The lowest BCUT2D eigenvalue weighted by Gasteiger charge is -2.11. The maximum Gasteiger partial charge on any atom is 0.240 e. The fraction of sp³-hybridized carbons (Fsp3) is 0.538. The Labute approximate surface area is 108 Å². The van der Waals surface area contributed by atoms with Gasteiger partial charge >= 0.3 is 0 Å². The van der Waals surface area contributed by atoms with E-state index in [0.29, 0.717) is 24.2 Å². The first kappa shape index (κ1) is 13.5. The van der Waals surface area contributed by atoms with Crippen LogP contribution in [-0.4, -0.2) is 27.7 Å². The van der Waals surface area contributed by atoms with Crippen molar-refractivity contribution in [3.05, 3.63) is 30.3 Å². The number of benzene rings is 1. The Kier molecular flexibility index (Phi) is 4.74. The molecule has 0 radical (unpaired) electrons. The highest BCUT2D eigenvalue weighted by Gasteiger charge is 2.16. The molecule has 0 unspecified atom stereocenters. The van der Waals surface area contributed by atoms with E-state index in [-0.39, 0.29) is 0 Å². The van der Waals surface area contributed by atoms with Gasteiger partial charge in [0.25, 0.3) is 0 Å². The van der Waals surface area contributed by atoms with Gasteiger partial charge in [-0.15, -0.1) is 0 Å². The van der Waals surface area contributed by atoms with E-state index in [1.54, 1.807) is 30.3 Å².